The number of rotatable bonds is 2. The van der Waals surface area contributed by atoms with Gasteiger partial charge in [-0.1, -0.05) is 24.3 Å². The fourth-order valence-electron chi connectivity index (χ4n) is 4.32. The fraction of sp³-hybridized carbons (Fsp3) is 0.421. The van der Waals surface area contributed by atoms with Crippen molar-refractivity contribution in [1.82, 2.24) is 0 Å². The number of hydrogen-bond donors (Lipinski definition) is 0. The van der Waals surface area contributed by atoms with Crippen molar-refractivity contribution < 1.29 is 4.74 Å². The summed E-state index contributed by atoms with van der Waals surface area (Å²) < 4.78 is 5.61. The molecule has 0 amide bonds. The van der Waals surface area contributed by atoms with E-state index in [1.54, 1.807) is 0 Å². The van der Waals surface area contributed by atoms with Crippen LogP contribution in [0.1, 0.15) is 31.2 Å². The molecule has 0 N–H and O–H groups in total. The van der Waals surface area contributed by atoms with Gasteiger partial charge in [-0.2, -0.15) is 5.26 Å². The number of methoxy groups -OCH3 is 1. The number of piperidine rings is 1. The molecule has 2 atom stereocenters. The maximum absolute atomic E-state index is 9.34. The van der Waals surface area contributed by atoms with Crippen LogP contribution in [0.15, 0.2) is 36.4 Å². The van der Waals surface area contributed by atoms with Crippen molar-refractivity contribution in [2.24, 2.45) is 0 Å². The first-order valence-electron chi connectivity index (χ1n) is 8.05. The van der Waals surface area contributed by atoms with Crippen molar-refractivity contribution in [1.29, 1.82) is 5.26 Å². The fourth-order valence-corrected chi connectivity index (χ4v) is 4.32. The molecule has 112 valence electrons. The molecule has 0 radical (unpaired) electrons. The van der Waals surface area contributed by atoms with E-state index >= 15 is 0 Å². The number of ether oxygens (including phenoxy) is 1. The smallest absolute Gasteiger partial charge is 0.0998 e. The van der Waals surface area contributed by atoms with E-state index in [0.29, 0.717) is 18.2 Å². The van der Waals surface area contributed by atoms with E-state index in [-0.39, 0.29) is 0 Å². The van der Waals surface area contributed by atoms with Crippen LogP contribution >= 0.6 is 0 Å². The van der Waals surface area contributed by atoms with E-state index in [4.69, 9.17) is 4.74 Å². The van der Waals surface area contributed by atoms with Gasteiger partial charge < -0.3 is 9.64 Å². The molecule has 4 rings (SSSR count). The minimum absolute atomic E-state index is 0.401. The number of benzene rings is 2. The Labute approximate surface area is 131 Å². The second kappa shape index (κ2) is 5.30. The molecule has 2 heterocycles. The predicted molar refractivity (Wildman–Crippen MR) is 88.0 cm³/mol. The monoisotopic (exact) mass is 292 g/mol. The van der Waals surface area contributed by atoms with E-state index < -0.39 is 0 Å². The lowest BCUT2D eigenvalue weighted by molar-refractivity contribution is 0.0684. The van der Waals surface area contributed by atoms with Crippen molar-refractivity contribution in [3.8, 4) is 6.07 Å². The summed E-state index contributed by atoms with van der Waals surface area (Å²) >= 11 is 0. The molecule has 2 bridgehead atoms. The lowest BCUT2D eigenvalue weighted by atomic mass is 9.96. The molecule has 0 saturated carbocycles. The number of hydrogen-bond acceptors (Lipinski definition) is 3. The average molecular weight is 292 g/mol. The first-order valence-corrected chi connectivity index (χ1v) is 8.05. The molecule has 2 aromatic carbocycles. The zero-order chi connectivity index (χ0) is 15.1. The van der Waals surface area contributed by atoms with Crippen molar-refractivity contribution >= 4 is 16.5 Å². The molecule has 3 heteroatoms. The van der Waals surface area contributed by atoms with Gasteiger partial charge in [-0.05, 0) is 37.8 Å². The van der Waals surface area contributed by atoms with Gasteiger partial charge >= 0.3 is 0 Å². The van der Waals surface area contributed by atoms with Gasteiger partial charge in [0.15, 0.2) is 0 Å². The molecule has 22 heavy (non-hydrogen) atoms. The highest BCUT2D eigenvalue weighted by Crippen LogP contribution is 2.42. The standard InChI is InChI=1S/C19H20N2O/c1-22-16-10-14-7-8-15(11-16)21(14)19-9-6-13(12-20)17-4-2-3-5-18(17)19/h2-6,9,14-16H,7-8,10-11H2,1H3. The van der Waals surface area contributed by atoms with Gasteiger partial charge in [-0.15, -0.1) is 0 Å². The summed E-state index contributed by atoms with van der Waals surface area (Å²) in [5.41, 5.74) is 2.05. The van der Waals surface area contributed by atoms with Crippen LogP contribution in [-0.4, -0.2) is 25.3 Å². The van der Waals surface area contributed by atoms with Gasteiger partial charge in [0.05, 0.1) is 17.7 Å². The third-order valence-corrected chi connectivity index (χ3v) is 5.32. The Hall–Kier alpha value is -2.05. The van der Waals surface area contributed by atoms with Gasteiger partial charge in [0.25, 0.3) is 0 Å². The molecule has 2 aliphatic heterocycles. The van der Waals surface area contributed by atoms with E-state index in [1.165, 1.54) is 23.9 Å². The van der Waals surface area contributed by atoms with Gasteiger partial charge in [0.2, 0.25) is 0 Å². The van der Waals surface area contributed by atoms with Gasteiger partial charge in [0.1, 0.15) is 0 Å². The summed E-state index contributed by atoms with van der Waals surface area (Å²) in [5, 5.41) is 11.6. The van der Waals surface area contributed by atoms with Crippen molar-refractivity contribution in [2.75, 3.05) is 12.0 Å². The van der Waals surface area contributed by atoms with Crippen LogP contribution in [0.25, 0.3) is 10.8 Å². The molecule has 2 unspecified atom stereocenters. The predicted octanol–water partition coefficient (Wildman–Crippen LogP) is 3.86. The Morgan fingerprint density at radius 3 is 2.36 bits per heavy atom. The van der Waals surface area contributed by atoms with Gasteiger partial charge in [-0.3, -0.25) is 0 Å². The summed E-state index contributed by atoms with van der Waals surface area (Å²) in [6, 6.07) is 15.8. The lowest BCUT2D eigenvalue weighted by Gasteiger charge is -2.40. The summed E-state index contributed by atoms with van der Waals surface area (Å²) in [6.07, 6.45) is 5.12. The van der Waals surface area contributed by atoms with Crippen LogP contribution in [0.4, 0.5) is 5.69 Å². The maximum Gasteiger partial charge on any atom is 0.0998 e. The van der Waals surface area contributed by atoms with E-state index in [0.717, 1.165) is 23.8 Å². The first kappa shape index (κ1) is 13.6. The Kier molecular flexibility index (Phi) is 3.28. The molecular formula is C19H20N2O. The minimum Gasteiger partial charge on any atom is -0.381 e. The van der Waals surface area contributed by atoms with E-state index in [2.05, 4.69) is 35.2 Å². The van der Waals surface area contributed by atoms with E-state index in [9.17, 15) is 5.26 Å². The van der Waals surface area contributed by atoms with Crippen LogP contribution in [0.2, 0.25) is 0 Å². The number of nitriles is 1. The number of nitrogens with zero attached hydrogens (tertiary/aromatic N) is 2. The molecular weight excluding hydrogens is 272 g/mol. The van der Waals surface area contributed by atoms with Crippen molar-refractivity contribution in [3.05, 3.63) is 42.0 Å². The highest BCUT2D eigenvalue weighted by Gasteiger charge is 2.41. The summed E-state index contributed by atoms with van der Waals surface area (Å²) in [6.45, 7) is 0. The normalized spacial score (nSPS) is 27.1. The average Bonchev–Trinajstić information content (AvgIpc) is 2.83. The Bertz CT molecular complexity index is 735. The quantitative estimate of drug-likeness (QED) is 0.843. The second-order valence-electron chi connectivity index (χ2n) is 6.41. The summed E-state index contributed by atoms with van der Waals surface area (Å²) in [7, 11) is 1.83. The van der Waals surface area contributed by atoms with Crippen LogP contribution in [0.5, 0.6) is 0 Å². The molecule has 2 saturated heterocycles. The van der Waals surface area contributed by atoms with Crippen LogP contribution in [0.3, 0.4) is 0 Å². The molecule has 0 aliphatic carbocycles. The third-order valence-electron chi connectivity index (χ3n) is 5.32. The minimum atomic E-state index is 0.401. The summed E-state index contributed by atoms with van der Waals surface area (Å²) in [4.78, 5) is 2.60. The molecule has 0 aromatic heterocycles. The van der Waals surface area contributed by atoms with Gasteiger partial charge in [0, 0.05) is 35.7 Å². The Balaban J connectivity index is 1.81. The van der Waals surface area contributed by atoms with Crippen LogP contribution in [-0.2, 0) is 4.74 Å². The molecule has 2 aromatic rings. The largest absolute Gasteiger partial charge is 0.381 e. The van der Waals surface area contributed by atoms with Crippen molar-refractivity contribution in [2.45, 2.75) is 43.9 Å². The lowest BCUT2D eigenvalue weighted by Crippen LogP contribution is -2.45. The highest BCUT2D eigenvalue weighted by molar-refractivity contribution is 5.98. The molecule has 2 aliphatic rings. The topological polar surface area (TPSA) is 36.3 Å². The molecule has 0 spiro atoms. The van der Waals surface area contributed by atoms with Crippen LogP contribution < -0.4 is 4.90 Å². The Morgan fingerprint density at radius 2 is 1.73 bits per heavy atom. The zero-order valence-corrected chi connectivity index (χ0v) is 12.8. The maximum atomic E-state index is 9.34. The summed E-state index contributed by atoms with van der Waals surface area (Å²) in [5.74, 6) is 0. The SMILES string of the molecule is COC1CC2CCC(C1)N2c1ccc(C#N)c2ccccc12. The molecule has 2 fully saturated rings. The van der Waals surface area contributed by atoms with Gasteiger partial charge in [-0.25, -0.2) is 0 Å². The zero-order valence-electron chi connectivity index (χ0n) is 12.8. The van der Waals surface area contributed by atoms with Crippen LogP contribution in [0, 0.1) is 11.3 Å². The first-order chi connectivity index (χ1) is 10.8. The second-order valence-corrected chi connectivity index (χ2v) is 6.41. The van der Waals surface area contributed by atoms with E-state index in [1.807, 2.05) is 19.2 Å². The van der Waals surface area contributed by atoms with Crippen molar-refractivity contribution in [3.63, 3.8) is 0 Å². The number of anilines is 1. The number of fused-ring (bicyclic) bond motifs is 3. The molecule has 3 nitrogen and oxygen atoms in total. The highest BCUT2D eigenvalue weighted by atomic mass is 16.5. The third kappa shape index (κ3) is 1.99. The Morgan fingerprint density at radius 1 is 1.05 bits per heavy atom.